The smallest absolute Gasteiger partial charge is 0.147 e. The Labute approximate surface area is 116 Å². The van der Waals surface area contributed by atoms with E-state index in [4.69, 9.17) is 5.84 Å². The fourth-order valence-corrected chi connectivity index (χ4v) is 2.81. The van der Waals surface area contributed by atoms with Crippen molar-refractivity contribution in [3.05, 3.63) is 34.9 Å². The molecule has 1 atom stereocenters. The highest BCUT2D eigenvalue weighted by molar-refractivity contribution is 7.90. The highest BCUT2D eigenvalue weighted by Crippen LogP contribution is 2.14. The van der Waals surface area contributed by atoms with E-state index in [0.717, 1.165) is 12.8 Å². The van der Waals surface area contributed by atoms with Gasteiger partial charge < -0.3 is 0 Å². The molecule has 0 saturated carbocycles. The zero-order chi connectivity index (χ0) is 14.5. The molecule has 0 saturated heterocycles. The second-order valence-electron chi connectivity index (χ2n) is 5.27. The number of sulfone groups is 1. The van der Waals surface area contributed by atoms with Crippen molar-refractivity contribution in [2.45, 2.75) is 39.2 Å². The molecule has 1 aromatic carbocycles. The second-order valence-corrected chi connectivity index (χ2v) is 7.53. The SMILES string of the molecule is Cc1ccc(C)c(CC(CCCS(C)(=O)=O)NN)c1. The highest BCUT2D eigenvalue weighted by Gasteiger charge is 2.11. The standard InChI is InChI=1S/C14H24N2O2S/c1-11-6-7-12(2)13(9-11)10-14(16-15)5-4-8-19(3,17)18/h6-7,9,14,16H,4-5,8,10,15H2,1-3H3. The molecular weight excluding hydrogens is 260 g/mol. The Morgan fingerprint density at radius 2 is 2.00 bits per heavy atom. The van der Waals surface area contributed by atoms with Crippen LogP contribution in [0.15, 0.2) is 18.2 Å². The van der Waals surface area contributed by atoms with Crippen LogP contribution in [0.2, 0.25) is 0 Å². The molecule has 1 unspecified atom stereocenters. The van der Waals surface area contributed by atoms with Crippen molar-refractivity contribution in [3.63, 3.8) is 0 Å². The first kappa shape index (κ1) is 16.1. The molecule has 0 aromatic heterocycles. The van der Waals surface area contributed by atoms with Gasteiger partial charge in [-0.15, -0.1) is 0 Å². The van der Waals surface area contributed by atoms with Crippen molar-refractivity contribution in [3.8, 4) is 0 Å². The average Bonchev–Trinajstić information content (AvgIpc) is 2.30. The summed E-state index contributed by atoms with van der Waals surface area (Å²) in [6.07, 6.45) is 3.49. The maximum atomic E-state index is 11.1. The topological polar surface area (TPSA) is 72.2 Å². The number of nitrogens with one attached hydrogen (secondary N) is 1. The predicted molar refractivity (Wildman–Crippen MR) is 79.7 cm³/mol. The third kappa shape index (κ3) is 6.18. The van der Waals surface area contributed by atoms with E-state index in [1.807, 2.05) is 0 Å². The molecule has 0 spiro atoms. The molecule has 3 N–H and O–H groups in total. The minimum atomic E-state index is -2.88. The number of hydrazine groups is 1. The summed E-state index contributed by atoms with van der Waals surface area (Å²) in [6, 6.07) is 6.47. The molecule has 0 aliphatic rings. The van der Waals surface area contributed by atoms with E-state index < -0.39 is 9.84 Å². The quantitative estimate of drug-likeness (QED) is 0.588. The van der Waals surface area contributed by atoms with E-state index in [2.05, 4.69) is 37.5 Å². The third-order valence-electron chi connectivity index (χ3n) is 3.27. The molecule has 19 heavy (non-hydrogen) atoms. The maximum absolute atomic E-state index is 11.1. The Hall–Kier alpha value is -0.910. The maximum Gasteiger partial charge on any atom is 0.147 e. The molecule has 0 amide bonds. The number of rotatable bonds is 7. The first-order valence-corrected chi connectivity index (χ1v) is 8.58. The van der Waals surface area contributed by atoms with E-state index in [0.29, 0.717) is 6.42 Å². The predicted octanol–water partition coefficient (Wildman–Crippen LogP) is 1.50. The van der Waals surface area contributed by atoms with Crippen LogP contribution in [0.25, 0.3) is 0 Å². The zero-order valence-electron chi connectivity index (χ0n) is 11.9. The molecule has 1 rings (SSSR count). The van der Waals surface area contributed by atoms with Gasteiger partial charge in [-0.1, -0.05) is 23.8 Å². The lowest BCUT2D eigenvalue weighted by atomic mass is 9.97. The first-order valence-electron chi connectivity index (χ1n) is 6.52. The third-order valence-corrected chi connectivity index (χ3v) is 4.30. The van der Waals surface area contributed by atoms with E-state index in [1.54, 1.807) is 0 Å². The molecule has 0 radical (unpaired) electrons. The average molecular weight is 284 g/mol. The van der Waals surface area contributed by atoms with Gasteiger partial charge in [0, 0.05) is 18.1 Å². The van der Waals surface area contributed by atoms with E-state index >= 15 is 0 Å². The normalized spacial score (nSPS) is 13.5. The zero-order valence-corrected chi connectivity index (χ0v) is 12.8. The minimum absolute atomic E-state index is 0.113. The summed E-state index contributed by atoms with van der Waals surface area (Å²) < 4.78 is 22.2. The number of aryl methyl sites for hydroxylation is 2. The van der Waals surface area contributed by atoms with Gasteiger partial charge in [0.2, 0.25) is 0 Å². The highest BCUT2D eigenvalue weighted by atomic mass is 32.2. The molecule has 5 heteroatoms. The Kier molecular flexibility index (Phi) is 5.97. The van der Waals surface area contributed by atoms with Crippen molar-refractivity contribution in [1.82, 2.24) is 5.43 Å². The minimum Gasteiger partial charge on any atom is -0.271 e. The van der Waals surface area contributed by atoms with Crippen LogP contribution >= 0.6 is 0 Å². The number of hydrogen-bond donors (Lipinski definition) is 2. The second kappa shape index (κ2) is 7.03. The fraction of sp³-hybridized carbons (Fsp3) is 0.571. The summed E-state index contributed by atoms with van der Waals surface area (Å²) >= 11 is 0. The van der Waals surface area contributed by atoms with Crippen LogP contribution in [0.4, 0.5) is 0 Å². The van der Waals surface area contributed by atoms with E-state index in [1.165, 1.54) is 22.9 Å². The van der Waals surface area contributed by atoms with Gasteiger partial charge in [-0.3, -0.25) is 11.3 Å². The van der Waals surface area contributed by atoms with Crippen LogP contribution < -0.4 is 11.3 Å². The van der Waals surface area contributed by atoms with Gasteiger partial charge in [-0.2, -0.15) is 0 Å². The van der Waals surface area contributed by atoms with Gasteiger partial charge in [-0.05, 0) is 44.2 Å². The molecule has 0 aliphatic carbocycles. The number of benzene rings is 1. The molecule has 0 aliphatic heterocycles. The van der Waals surface area contributed by atoms with Gasteiger partial charge in [0.15, 0.2) is 0 Å². The van der Waals surface area contributed by atoms with Crippen LogP contribution in [0.5, 0.6) is 0 Å². The van der Waals surface area contributed by atoms with Crippen LogP contribution in [-0.4, -0.2) is 26.5 Å². The fourth-order valence-electron chi connectivity index (χ4n) is 2.12. The molecular formula is C14H24N2O2S. The van der Waals surface area contributed by atoms with Crippen LogP contribution in [0, 0.1) is 13.8 Å². The summed E-state index contributed by atoms with van der Waals surface area (Å²) in [5.74, 6) is 5.78. The molecule has 1 aromatic rings. The Balaban J connectivity index is 2.59. The summed E-state index contributed by atoms with van der Waals surface area (Å²) in [5, 5.41) is 0. The summed E-state index contributed by atoms with van der Waals surface area (Å²) in [6.45, 7) is 4.15. The van der Waals surface area contributed by atoms with Crippen molar-refractivity contribution in [1.29, 1.82) is 0 Å². The van der Waals surface area contributed by atoms with Crippen molar-refractivity contribution in [2.24, 2.45) is 5.84 Å². The molecule has 108 valence electrons. The molecule has 0 fully saturated rings. The monoisotopic (exact) mass is 284 g/mol. The van der Waals surface area contributed by atoms with Gasteiger partial charge in [-0.25, -0.2) is 8.42 Å². The first-order chi connectivity index (χ1) is 8.81. The lowest BCUT2D eigenvalue weighted by molar-refractivity contribution is 0.484. The van der Waals surface area contributed by atoms with Crippen LogP contribution in [-0.2, 0) is 16.3 Å². The lowest BCUT2D eigenvalue weighted by Crippen LogP contribution is -2.37. The van der Waals surface area contributed by atoms with Crippen LogP contribution in [0.1, 0.15) is 29.5 Å². The Bertz CT molecular complexity index is 512. The molecule has 0 heterocycles. The Morgan fingerprint density at radius 1 is 1.32 bits per heavy atom. The van der Waals surface area contributed by atoms with Crippen molar-refractivity contribution < 1.29 is 8.42 Å². The van der Waals surface area contributed by atoms with Gasteiger partial charge in [0.05, 0.1) is 0 Å². The van der Waals surface area contributed by atoms with Crippen molar-refractivity contribution >= 4 is 9.84 Å². The largest absolute Gasteiger partial charge is 0.271 e. The van der Waals surface area contributed by atoms with E-state index in [9.17, 15) is 8.42 Å². The molecule has 4 nitrogen and oxygen atoms in total. The summed E-state index contributed by atoms with van der Waals surface area (Å²) in [5.41, 5.74) is 6.53. The summed E-state index contributed by atoms with van der Waals surface area (Å²) in [7, 11) is -2.88. The van der Waals surface area contributed by atoms with E-state index in [-0.39, 0.29) is 11.8 Å². The van der Waals surface area contributed by atoms with Crippen LogP contribution in [0.3, 0.4) is 0 Å². The molecule has 0 bridgehead atoms. The number of nitrogens with two attached hydrogens (primary N) is 1. The van der Waals surface area contributed by atoms with Gasteiger partial charge in [0.1, 0.15) is 9.84 Å². The summed E-state index contributed by atoms with van der Waals surface area (Å²) in [4.78, 5) is 0. The number of hydrogen-bond acceptors (Lipinski definition) is 4. The Morgan fingerprint density at radius 3 is 2.58 bits per heavy atom. The van der Waals surface area contributed by atoms with Gasteiger partial charge >= 0.3 is 0 Å². The van der Waals surface area contributed by atoms with Gasteiger partial charge in [0.25, 0.3) is 0 Å². The lowest BCUT2D eigenvalue weighted by Gasteiger charge is -2.17. The van der Waals surface area contributed by atoms with Crippen molar-refractivity contribution in [2.75, 3.05) is 12.0 Å².